The highest BCUT2D eigenvalue weighted by Crippen LogP contribution is 2.44. The number of hydrogen-bond acceptors (Lipinski definition) is 2. The summed E-state index contributed by atoms with van der Waals surface area (Å²) in [6.45, 7) is 0. The average molecular weight is 239 g/mol. The fourth-order valence-corrected chi connectivity index (χ4v) is 2.87. The Hall–Kier alpha value is -2.16. The summed E-state index contributed by atoms with van der Waals surface area (Å²) in [6, 6.07) is 11.4. The Labute approximate surface area is 105 Å². The van der Waals surface area contributed by atoms with Gasteiger partial charge in [-0.3, -0.25) is 9.78 Å². The molecule has 0 saturated heterocycles. The van der Waals surface area contributed by atoms with Crippen LogP contribution < -0.4 is 0 Å². The number of fused-ring (bicyclic) bond motifs is 1. The molecule has 0 bridgehead atoms. The number of pyridine rings is 1. The summed E-state index contributed by atoms with van der Waals surface area (Å²) in [7, 11) is 0. The number of aryl methyl sites for hydroxylation is 1. The first-order valence-corrected chi connectivity index (χ1v) is 5.97. The lowest BCUT2D eigenvalue weighted by atomic mass is 9.76. The number of carboxylic acids is 1. The Kier molecular flexibility index (Phi) is 2.40. The predicted molar refractivity (Wildman–Crippen MR) is 67.4 cm³/mol. The Morgan fingerprint density at radius 1 is 1.22 bits per heavy atom. The van der Waals surface area contributed by atoms with Gasteiger partial charge >= 0.3 is 5.97 Å². The third kappa shape index (κ3) is 1.37. The first-order chi connectivity index (χ1) is 8.75. The largest absolute Gasteiger partial charge is 0.480 e. The van der Waals surface area contributed by atoms with Gasteiger partial charge in [-0.2, -0.15) is 0 Å². The van der Waals surface area contributed by atoms with Gasteiger partial charge in [-0.25, -0.2) is 0 Å². The fourth-order valence-electron chi connectivity index (χ4n) is 2.87. The molecule has 0 spiro atoms. The quantitative estimate of drug-likeness (QED) is 0.875. The van der Waals surface area contributed by atoms with E-state index in [9.17, 15) is 9.90 Å². The van der Waals surface area contributed by atoms with E-state index in [2.05, 4.69) is 4.98 Å². The van der Waals surface area contributed by atoms with Crippen molar-refractivity contribution in [3.8, 4) is 0 Å². The molecule has 0 saturated carbocycles. The molecular weight excluding hydrogens is 226 g/mol. The molecule has 1 aromatic carbocycles. The van der Waals surface area contributed by atoms with Crippen LogP contribution in [0.15, 0.2) is 48.8 Å². The monoisotopic (exact) mass is 239 g/mol. The van der Waals surface area contributed by atoms with Crippen LogP contribution in [0.25, 0.3) is 0 Å². The molecule has 0 fully saturated rings. The van der Waals surface area contributed by atoms with Crippen molar-refractivity contribution in [2.75, 3.05) is 0 Å². The van der Waals surface area contributed by atoms with Crippen molar-refractivity contribution in [3.63, 3.8) is 0 Å². The summed E-state index contributed by atoms with van der Waals surface area (Å²) in [5, 5.41) is 9.74. The molecule has 1 aromatic heterocycles. The molecule has 2 aromatic rings. The first kappa shape index (κ1) is 11.0. The number of aliphatic carboxylic acids is 1. The minimum atomic E-state index is -0.926. The van der Waals surface area contributed by atoms with Crippen LogP contribution in [0.2, 0.25) is 0 Å². The van der Waals surface area contributed by atoms with Gasteiger partial charge in [0, 0.05) is 12.4 Å². The highest BCUT2D eigenvalue weighted by Gasteiger charge is 2.46. The maximum absolute atomic E-state index is 11.9. The molecule has 18 heavy (non-hydrogen) atoms. The van der Waals surface area contributed by atoms with Crippen molar-refractivity contribution in [2.45, 2.75) is 18.3 Å². The van der Waals surface area contributed by atoms with Crippen molar-refractivity contribution in [2.24, 2.45) is 0 Å². The van der Waals surface area contributed by atoms with E-state index in [-0.39, 0.29) is 0 Å². The molecule has 3 nitrogen and oxygen atoms in total. The van der Waals surface area contributed by atoms with Crippen LogP contribution in [-0.2, 0) is 16.6 Å². The fraction of sp³-hybridized carbons (Fsp3) is 0.200. The summed E-state index contributed by atoms with van der Waals surface area (Å²) < 4.78 is 0. The second-order valence-corrected chi connectivity index (χ2v) is 4.61. The average Bonchev–Trinajstić information content (AvgIpc) is 2.80. The number of carbonyl (C=O) groups is 1. The predicted octanol–water partition coefficient (Wildman–Crippen LogP) is 2.40. The van der Waals surface area contributed by atoms with Crippen LogP contribution in [0, 0.1) is 0 Å². The number of rotatable bonds is 2. The second kappa shape index (κ2) is 3.95. The SMILES string of the molecule is O=C(O)C1(c2cccnc2)CCc2ccccc21. The zero-order valence-electron chi connectivity index (χ0n) is 9.84. The van der Waals surface area contributed by atoms with Crippen LogP contribution in [0.4, 0.5) is 0 Å². The van der Waals surface area contributed by atoms with Gasteiger partial charge < -0.3 is 5.11 Å². The summed E-state index contributed by atoms with van der Waals surface area (Å²) in [6.07, 6.45) is 4.74. The van der Waals surface area contributed by atoms with Gasteiger partial charge in [-0.1, -0.05) is 30.3 Å². The van der Waals surface area contributed by atoms with E-state index in [1.54, 1.807) is 18.5 Å². The topological polar surface area (TPSA) is 50.2 Å². The van der Waals surface area contributed by atoms with Gasteiger partial charge in [0.2, 0.25) is 0 Å². The maximum Gasteiger partial charge on any atom is 0.318 e. The number of aromatic nitrogens is 1. The molecule has 0 amide bonds. The summed E-state index contributed by atoms with van der Waals surface area (Å²) in [4.78, 5) is 15.9. The van der Waals surface area contributed by atoms with Crippen LogP contribution in [0.1, 0.15) is 23.1 Å². The Morgan fingerprint density at radius 2 is 2.06 bits per heavy atom. The molecule has 1 aliphatic rings. The van der Waals surface area contributed by atoms with E-state index in [1.165, 1.54) is 0 Å². The van der Waals surface area contributed by atoms with Gasteiger partial charge in [0.05, 0.1) is 0 Å². The molecule has 1 unspecified atom stereocenters. The zero-order valence-corrected chi connectivity index (χ0v) is 9.84. The number of nitrogens with zero attached hydrogens (tertiary/aromatic N) is 1. The minimum absolute atomic E-state index is 0.605. The van der Waals surface area contributed by atoms with Crippen LogP contribution in [0.3, 0.4) is 0 Å². The van der Waals surface area contributed by atoms with Gasteiger partial charge in [-0.15, -0.1) is 0 Å². The highest BCUT2D eigenvalue weighted by molar-refractivity contribution is 5.87. The highest BCUT2D eigenvalue weighted by atomic mass is 16.4. The smallest absolute Gasteiger partial charge is 0.318 e. The number of benzene rings is 1. The molecule has 1 aliphatic carbocycles. The third-order valence-electron chi connectivity index (χ3n) is 3.77. The van der Waals surface area contributed by atoms with E-state index in [0.29, 0.717) is 6.42 Å². The van der Waals surface area contributed by atoms with E-state index in [0.717, 1.165) is 23.1 Å². The first-order valence-electron chi connectivity index (χ1n) is 5.97. The molecule has 0 radical (unpaired) electrons. The molecule has 1 heterocycles. The van der Waals surface area contributed by atoms with E-state index >= 15 is 0 Å². The maximum atomic E-state index is 11.9. The van der Waals surface area contributed by atoms with Crippen LogP contribution in [0.5, 0.6) is 0 Å². The molecule has 3 heteroatoms. The Bertz CT molecular complexity index is 594. The summed E-state index contributed by atoms with van der Waals surface area (Å²) >= 11 is 0. The number of carboxylic acid groups (broad SMARTS) is 1. The molecule has 1 N–H and O–H groups in total. The van der Waals surface area contributed by atoms with Gasteiger partial charge in [0.1, 0.15) is 5.41 Å². The van der Waals surface area contributed by atoms with E-state index < -0.39 is 11.4 Å². The minimum Gasteiger partial charge on any atom is -0.480 e. The van der Waals surface area contributed by atoms with E-state index in [4.69, 9.17) is 0 Å². The van der Waals surface area contributed by atoms with Gasteiger partial charge in [0.15, 0.2) is 0 Å². The second-order valence-electron chi connectivity index (χ2n) is 4.61. The third-order valence-corrected chi connectivity index (χ3v) is 3.77. The molecule has 3 rings (SSSR count). The van der Waals surface area contributed by atoms with Crippen molar-refractivity contribution < 1.29 is 9.90 Å². The van der Waals surface area contributed by atoms with Gasteiger partial charge in [-0.05, 0) is 35.6 Å². The summed E-state index contributed by atoms with van der Waals surface area (Å²) in [5.41, 5.74) is 1.88. The normalized spacial score (nSPS) is 21.6. The van der Waals surface area contributed by atoms with Crippen LogP contribution in [-0.4, -0.2) is 16.1 Å². The van der Waals surface area contributed by atoms with Crippen molar-refractivity contribution in [3.05, 3.63) is 65.5 Å². The Balaban J connectivity index is 2.25. The lowest BCUT2D eigenvalue weighted by Gasteiger charge is -2.25. The molecule has 90 valence electrons. The number of hydrogen-bond donors (Lipinski definition) is 1. The van der Waals surface area contributed by atoms with Crippen LogP contribution >= 0.6 is 0 Å². The lowest BCUT2D eigenvalue weighted by Crippen LogP contribution is -2.34. The van der Waals surface area contributed by atoms with Gasteiger partial charge in [0.25, 0.3) is 0 Å². The van der Waals surface area contributed by atoms with Crippen molar-refractivity contribution in [1.82, 2.24) is 4.98 Å². The Morgan fingerprint density at radius 3 is 2.78 bits per heavy atom. The van der Waals surface area contributed by atoms with Crippen molar-refractivity contribution in [1.29, 1.82) is 0 Å². The summed E-state index contributed by atoms with van der Waals surface area (Å²) in [5.74, 6) is -0.791. The molecule has 0 aliphatic heterocycles. The zero-order chi connectivity index (χ0) is 12.6. The molecular formula is C15H13NO2. The lowest BCUT2D eigenvalue weighted by molar-refractivity contribution is -0.142. The standard InChI is InChI=1S/C15H13NO2/c17-14(18)15(12-5-3-9-16-10-12)8-7-11-4-1-2-6-13(11)15/h1-6,9-10H,7-8H2,(H,17,18). The van der Waals surface area contributed by atoms with Crippen molar-refractivity contribution >= 4 is 5.97 Å². The molecule has 1 atom stereocenters. The van der Waals surface area contributed by atoms with E-state index in [1.807, 2.05) is 30.3 Å².